The monoisotopic (exact) mass is 439 g/mol. The molecule has 162 valence electrons. The quantitative estimate of drug-likeness (QED) is 0.571. The molecule has 0 spiro atoms. The maximum atomic E-state index is 13.2. The molecule has 2 aromatic carbocycles. The van der Waals surface area contributed by atoms with Crippen molar-refractivity contribution in [3.63, 3.8) is 0 Å². The number of amides is 1. The molecule has 1 aromatic heterocycles. The SMILES string of the molecule is NC(=O)c1c[nH]c(=O)c(-c2cccc(-c3ccccc3OCC(F)(F)C(F)(F)F)c2)n1. The third kappa shape index (κ3) is 4.71. The fraction of sp³-hybridized carbons (Fsp3) is 0.150. The van der Waals surface area contributed by atoms with Crippen molar-refractivity contribution in [2.45, 2.75) is 12.1 Å². The lowest BCUT2D eigenvalue weighted by atomic mass is 10.0. The predicted octanol–water partition coefficient (Wildman–Crippen LogP) is 3.78. The highest BCUT2D eigenvalue weighted by molar-refractivity contribution is 5.91. The number of ether oxygens (including phenoxy) is 1. The standard InChI is InChI=1S/C20H14F5N3O3/c21-19(22,20(23,24)25)10-31-15-7-2-1-6-13(15)11-4-3-5-12(8-11)16-18(30)27-9-14(28-16)17(26)29/h1-9H,10H2,(H2,26,29)(H,27,30). The van der Waals surface area contributed by atoms with Crippen LogP contribution in [0.25, 0.3) is 22.4 Å². The summed E-state index contributed by atoms with van der Waals surface area (Å²) in [6.45, 7) is -1.89. The number of benzene rings is 2. The minimum absolute atomic E-state index is 0.125. The molecule has 0 saturated heterocycles. The van der Waals surface area contributed by atoms with Gasteiger partial charge in [0.1, 0.15) is 17.1 Å². The van der Waals surface area contributed by atoms with Crippen LogP contribution in [0.5, 0.6) is 5.75 Å². The van der Waals surface area contributed by atoms with E-state index in [2.05, 4.69) is 9.97 Å². The number of aromatic nitrogens is 2. The molecule has 0 atom stereocenters. The Labute approximate surface area is 171 Å². The van der Waals surface area contributed by atoms with Gasteiger partial charge in [-0.2, -0.15) is 22.0 Å². The first-order valence-electron chi connectivity index (χ1n) is 8.66. The van der Waals surface area contributed by atoms with E-state index in [0.717, 1.165) is 6.20 Å². The Bertz CT molecular complexity index is 1170. The first-order valence-corrected chi connectivity index (χ1v) is 8.66. The second-order valence-electron chi connectivity index (χ2n) is 6.40. The van der Waals surface area contributed by atoms with Crippen molar-refractivity contribution in [2.24, 2.45) is 5.73 Å². The molecule has 6 nitrogen and oxygen atoms in total. The Balaban J connectivity index is 1.99. The minimum atomic E-state index is -5.75. The molecule has 0 saturated carbocycles. The van der Waals surface area contributed by atoms with E-state index in [1.54, 1.807) is 6.07 Å². The summed E-state index contributed by atoms with van der Waals surface area (Å²) in [6.07, 6.45) is -4.69. The number of aromatic amines is 1. The van der Waals surface area contributed by atoms with Crippen LogP contribution in [-0.2, 0) is 0 Å². The average Bonchev–Trinajstić information content (AvgIpc) is 2.72. The number of para-hydroxylation sites is 1. The van der Waals surface area contributed by atoms with Crippen LogP contribution >= 0.6 is 0 Å². The smallest absolute Gasteiger partial charge is 0.456 e. The fourth-order valence-corrected chi connectivity index (χ4v) is 2.64. The molecule has 3 rings (SSSR count). The van der Waals surface area contributed by atoms with Crippen molar-refractivity contribution < 1.29 is 31.5 Å². The minimum Gasteiger partial charge on any atom is -0.486 e. The molecule has 3 N–H and O–H groups in total. The Hall–Kier alpha value is -3.76. The van der Waals surface area contributed by atoms with Crippen molar-refractivity contribution in [1.82, 2.24) is 9.97 Å². The van der Waals surface area contributed by atoms with Crippen LogP contribution in [0.15, 0.2) is 59.5 Å². The van der Waals surface area contributed by atoms with Gasteiger partial charge >= 0.3 is 12.1 Å². The Morgan fingerprint density at radius 2 is 1.71 bits per heavy atom. The predicted molar refractivity (Wildman–Crippen MR) is 101 cm³/mol. The number of alkyl halides is 5. The summed E-state index contributed by atoms with van der Waals surface area (Å²) in [7, 11) is 0. The summed E-state index contributed by atoms with van der Waals surface area (Å²) in [5.41, 5.74) is 5.08. The number of carbonyl (C=O) groups excluding carboxylic acids is 1. The van der Waals surface area contributed by atoms with E-state index in [4.69, 9.17) is 10.5 Å². The van der Waals surface area contributed by atoms with Gasteiger partial charge in [-0.3, -0.25) is 9.59 Å². The average molecular weight is 439 g/mol. The number of H-pyrrole nitrogens is 1. The van der Waals surface area contributed by atoms with Gasteiger partial charge in [-0.1, -0.05) is 36.4 Å². The Morgan fingerprint density at radius 3 is 2.39 bits per heavy atom. The molecule has 0 aliphatic rings. The highest BCUT2D eigenvalue weighted by Crippen LogP contribution is 2.37. The zero-order chi connectivity index (χ0) is 22.8. The van der Waals surface area contributed by atoms with E-state index in [9.17, 15) is 31.5 Å². The molecular formula is C20H14F5N3O3. The summed E-state index contributed by atoms with van der Waals surface area (Å²) < 4.78 is 68.6. The maximum absolute atomic E-state index is 13.2. The molecule has 31 heavy (non-hydrogen) atoms. The fourth-order valence-electron chi connectivity index (χ4n) is 2.64. The maximum Gasteiger partial charge on any atom is 0.456 e. The van der Waals surface area contributed by atoms with Gasteiger partial charge in [0, 0.05) is 17.3 Å². The first kappa shape index (κ1) is 21.9. The van der Waals surface area contributed by atoms with Gasteiger partial charge in [-0.15, -0.1) is 0 Å². The van der Waals surface area contributed by atoms with Gasteiger partial charge in [0.15, 0.2) is 6.61 Å². The van der Waals surface area contributed by atoms with Gasteiger partial charge in [0.2, 0.25) is 0 Å². The zero-order valence-corrected chi connectivity index (χ0v) is 15.5. The molecule has 0 radical (unpaired) electrons. The van der Waals surface area contributed by atoms with Crippen molar-refractivity contribution in [3.8, 4) is 28.1 Å². The van der Waals surface area contributed by atoms with E-state index in [1.807, 2.05) is 0 Å². The van der Waals surface area contributed by atoms with E-state index in [-0.39, 0.29) is 28.3 Å². The number of primary amides is 1. The van der Waals surface area contributed by atoms with Gasteiger partial charge in [-0.25, -0.2) is 4.98 Å². The lowest BCUT2D eigenvalue weighted by Gasteiger charge is -2.21. The van der Waals surface area contributed by atoms with Crippen LogP contribution in [0.1, 0.15) is 10.5 Å². The molecule has 0 aliphatic carbocycles. The molecule has 0 bridgehead atoms. The topological polar surface area (TPSA) is 98.1 Å². The van der Waals surface area contributed by atoms with Crippen molar-refractivity contribution in [3.05, 3.63) is 70.8 Å². The molecule has 11 heteroatoms. The third-order valence-corrected chi connectivity index (χ3v) is 4.20. The number of hydrogen-bond acceptors (Lipinski definition) is 4. The number of hydrogen-bond donors (Lipinski definition) is 2. The van der Waals surface area contributed by atoms with Crippen LogP contribution in [0, 0.1) is 0 Å². The summed E-state index contributed by atoms with van der Waals surface area (Å²) in [6, 6.07) is 11.7. The number of nitrogens with two attached hydrogens (primary N) is 1. The molecule has 0 fully saturated rings. The van der Waals surface area contributed by atoms with E-state index < -0.39 is 30.2 Å². The normalized spacial score (nSPS) is 11.9. The van der Waals surface area contributed by atoms with Gasteiger partial charge in [0.05, 0.1) is 0 Å². The van der Waals surface area contributed by atoms with Crippen LogP contribution in [0.2, 0.25) is 0 Å². The van der Waals surface area contributed by atoms with Crippen LogP contribution in [0.4, 0.5) is 22.0 Å². The third-order valence-electron chi connectivity index (χ3n) is 4.20. The number of carbonyl (C=O) groups is 1. The van der Waals surface area contributed by atoms with Crippen LogP contribution in [0.3, 0.4) is 0 Å². The second-order valence-corrected chi connectivity index (χ2v) is 6.40. The summed E-state index contributed by atoms with van der Waals surface area (Å²) >= 11 is 0. The lowest BCUT2D eigenvalue weighted by Crippen LogP contribution is -2.41. The molecule has 0 unspecified atom stereocenters. The van der Waals surface area contributed by atoms with Crippen LogP contribution in [-0.4, -0.2) is 34.6 Å². The van der Waals surface area contributed by atoms with E-state index in [1.165, 1.54) is 42.5 Å². The number of rotatable bonds is 6. The molecule has 1 heterocycles. The molecule has 1 amide bonds. The van der Waals surface area contributed by atoms with Gasteiger partial charge < -0.3 is 15.5 Å². The molecular weight excluding hydrogens is 425 g/mol. The van der Waals surface area contributed by atoms with Gasteiger partial charge in [-0.05, 0) is 17.7 Å². The summed E-state index contributed by atoms with van der Waals surface area (Å²) in [5.74, 6) is -6.11. The lowest BCUT2D eigenvalue weighted by molar-refractivity contribution is -0.289. The number of halogens is 5. The Kier molecular flexibility index (Phi) is 5.78. The summed E-state index contributed by atoms with van der Waals surface area (Å²) in [4.78, 5) is 29.7. The van der Waals surface area contributed by atoms with Crippen LogP contribution < -0.4 is 16.0 Å². The largest absolute Gasteiger partial charge is 0.486 e. The highest BCUT2D eigenvalue weighted by Gasteiger charge is 2.58. The Morgan fingerprint density at radius 1 is 1.03 bits per heavy atom. The first-order chi connectivity index (χ1) is 14.5. The summed E-state index contributed by atoms with van der Waals surface area (Å²) in [5, 5.41) is 0. The van der Waals surface area contributed by atoms with E-state index >= 15 is 0 Å². The highest BCUT2D eigenvalue weighted by atomic mass is 19.4. The molecule has 0 aliphatic heterocycles. The number of nitrogens with one attached hydrogen (secondary N) is 1. The van der Waals surface area contributed by atoms with Crippen molar-refractivity contribution >= 4 is 5.91 Å². The van der Waals surface area contributed by atoms with Crippen molar-refractivity contribution in [1.29, 1.82) is 0 Å². The van der Waals surface area contributed by atoms with E-state index in [0.29, 0.717) is 5.56 Å². The molecule has 3 aromatic rings. The van der Waals surface area contributed by atoms with Gasteiger partial charge in [0.25, 0.3) is 11.5 Å². The zero-order valence-electron chi connectivity index (χ0n) is 15.5. The van der Waals surface area contributed by atoms with Crippen molar-refractivity contribution in [2.75, 3.05) is 6.61 Å². The number of nitrogens with zero attached hydrogens (tertiary/aromatic N) is 1. The second kappa shape index (κ2) is 8.17.